The summed E-state index contributed by atoms with van der Waals surface area (Å²) in [7, 11) is 7.00. The van der Waals surface area contributed by atoms with Crippen molar-refractivity contribution in [2.45, 2.75) is 44.8 Å². The third-order valence-electron chi connectivity index (χ3n) is 8.90. The predicted octanol–water partition coefficient (Wildman–Crippen LogP) is 5.26. The molecule has 0 radical (unpaired) electrons. The number of hydrogen-bond donors (Lipinski definition) is 1. The van der Waals surface area contributed by atoms with Crippen molar-refractivity contribution in [1.82, 2.24) is 19.7 Å². The molecule has 0 aliphatic carbocycles. The Morgan fingerprint density at radius 3 is 2.43 bits per heavy atom. The molecule has 0 spiro atoms. The van der Waals surface area contributed by atoms with Crippen LogP contribution in [0.1, 0.15) is 57.8 Å². The molecule has 1 aromatic heterocycles. The molecule has 3 heterocycles. The van der Waals surface area contributed by atoms with Gasteiger partial charge in [0.2, 0.25) is 0 Å². The summed E-state index contributed by atoms with van der Waals surface area (Å²) >= 11 is 2.48. The van der Waals surface area contributed by atoms with Gasteiger partial charge in [0.25, 0.3) is 11.8 Å². The Morgan fingerprint density at radius 1 is 1.05 bits per heavy atom. The molecule has 2 aliphatic heterocycles. The summed E-state index contributed by atoms with van der Waals surface area (Å²) in [6.45, 7) is 6.84. The van der Waals surface area contributed by atoms with E-state index in [2.05, 4.69) is 62.0 Å². The summed E-state index contributed by atoms with van der Waals surface area (Å²) in [6, 6.07) is 15.0. The Kier molecular flexibility index (Phi) is 10.2. The van der Waals surface area contributed by atoms with Crippen LogP contribution >= 0.6 is 22.6 Å². The van der Waals surface area contributed by atoms with Crippen LogP contribution in [0.4, 0.5) is 5.69 Å². The topological polar surface area (TPSA) is 79.3 Å². The van der Waals surface area contributed by atoms with Gasteiger partial charge in [0.15, 0.2) is 0 Å². The second-order valence-corrected chi connectivity index (χ2v) is 12.9. The van der Waals surface area contributed by atoms with E-state index in [9.17, 15) is 9.59 Å². The molecule has 236 valence electrons. The summed E-state index contributed by atoms with van der Waals surface area (Å²) in [5.41, 5.74) is 6.07. The fraction of sp³-hybridized carbons (Fsp3) is 0.471. The van der Waals surface area contributed by atoms with Crippen molar-refractivity contribution in [2.24, 2.45) is 7.05 Å². The Morgan fingerprint density at radius 2 is 1.77 bits per heavy atom. The number of alkyl halides is 1. The van der Waals surface area contributed by atoms with Crippen molar-refractivity contribution >= 4 is 40.1 Å². The molecule has 9 nitrogen and oxygen atoms in total. The Hall–Kier alpha value is -3.09. The smallest absolute Gasteiger partial charge is 0.269 e. The maximum absolute atomic E-state index is 13.7. The fourth-order valence-corrected chi connectivity index (χ4v) is 7.45. The average Bonchev–Trinajstić information content (AvgIpc) is 3.51. The summed E-state index contributed by atoms with van der Waals surface area (Å²) in [6.07, 6.45) is 4.43. The molecule has 3 atom stereocenters. The van der Waals surface area contributed by atoms with Crippen LogP contribution in [0.15, 0.2) is 48.7 Å². The first-order valence-electron chi connectivity index (χ1n) is 15.2. The maximum atomic E-state index is 13.7. The number of piperazine rings is 1. The largest absolute Gasteiger partial charge is 0.491 e. The number of fused-ring (bicyclic) bond motifs is 2. The van der Waals surface area contributed by atoms with Crippen LogP contribution in [0, 0.1) is 6.92 Å². The molecule has 2 aliphatic rings. The minimum atomic E-state index is -0.287. The lowest BCUT2D eigenvalue weighted by atomic mass is 10.00. The molecule has 2 saturated heterocycles. The molecule has 2 bridgehead atoms. The molecule has 2 amide bonds. The van der Waals surface area contributed by atoms with E-state index < -0.39 is 0 Å². The summed E-state index contributed by atoms with van der Waals surface area (Å²) < 4.78 is 14.1. The van der Waals surface area contributed by atoms with Crippen molar-refractivity contribution in [2.75, 3.05) is 57.0 Å². The van der Waals surface area contributed by atoms with Crippen LogP contribution in [0.5, 0.6) is 5.75 Å². The minimum absolute atomic E-state index is 0.0655. The number of amides is 2. The standard InChI is InChI=1S/C34H44IN5O4/c1-22-7-8-27(39-19-28-9-10-29(20-39)40(28)21-35)17-31(22)33(41)36-23(2)24-13-25(15-30(14-24)44-12-11-43-6)26-16-32(38(5)18-26)34(42)37(3)4/h7-8,13-18,23,28-29H,9-12,19-21H2,1-6H3,(H,36,41)/t23-,28-,29+/m1/s1. The van der Waals surface area contributed by atoms with Crippen LogP contribution in [0.25, 0.3) is 11.1 Å². The normalized spacial score (nSPS) is 18.8. The van der Waals surface area contributed by atoms with Gasteiger partial charge in [-0.1, -0.05) is 28.7 Å². The first-order chi connectivity index (χ1) is 21.1. The molecule has 3 aromatic rings. The zero-order chi connectivity index (χ0) is 31.5. The van der Waals surface area contributed by atoms with Gasteiger partial charge in [-0.2, -0.15) is 0 Å². The number of aromatic nitrogens is 1. The van der Waals surface area contributed by atoms with Gasteiger partial charge in [-0.25, -0.2) is 0 Å². The highest BCUT2D eigenvalue weighted by Gasteiger charge is 2.39. The van der Waals surface area contributed by atoms with Crippen LogP contribution in [-0.4, -0.2) is 90.3 Å². The van der Waals surface area contributed by atoms with E-state index in [0.29, 0.717) is 42.3 Å². The van der Waals surface area contributed by atoms with E-state index in [-0.39, 0.29) is 17.9 Å². The lowest BCUT2D eigenvalue weighted by molar-refractivity contribution is 0.0818. The number of carbonyl (C=O) groups excluding carboxylic acids is 2. The van der Waals surface area contributed by atoms with Crippen LogP contribution in [0.2, 0.25) is 0 Å². The number of methoxy groups -OCH3 is 1. The van der Waals surface area contributed by atoms with E-state index in [1.54, 1.807) is 26.1 Å². The lowest BCUT2D eigenvalue weighted by Crippen LogP contribution is -2.53. The van der Waals surface area contributed by atoms with E-state index in [1.807, 2.05) is 49.9 Å². The van der Waals surface area contributed by atoms with Gasteiger partial charge >= 0.3 is 0 Å². The van der Waals surface area contributed by atoms with E-state index >= 15 is 0 Å². The monoisotopic (exact) mass is 713 g/mol. The molecule has 2 fully saturated rings. The zero-order valence-electron chi connectivity index (χ0n) is 26.6. The van der Waals surface area contributed by atoms with Gasteiger partial charge in [0.05, 0.1) is 17.2 Å². The zero-order valence-corrected chi connectivity index (χ0v) is 28.8. The number of aryl methyl sites for hydroxylation is 2. The first-order valence-corrected chi connectivity index (χ1v) is 16.8. The molecule has 5 rings (SSSR count). The highest BCUT2D eigenvalue weighted by atomic mass is 127. The van der Waals surface area contributed by atoms with Gasteiger partial charge in [-0.3, -0.25) is 14.5 Å². The number of rotatable bonds is 11. The minimum Gasteiger partial charge on any atom is -0.491 e. The van der Waals surface area contributed by atoms with Gasteiger partial charge in [-0.05, 0) is 79.8 Å². The van der Waals surface area contributed by atoms with Gasteiger partial charge < -0.3 is 29.2 Å². The molecule has 44 heavy (non-hydrogen) atoms. The highest BCUT2D eigenvalue weighted by molar-refractivity contribution is 14.1. The second-order valence-electron chi connectivity index (χ2n) is 12.2. The molecular formula is C34H44IN5O4. The van der Waals surface area contributed by atoms with E-state index in [4.69, 9.17) is 9.47 Å². The van der Waals surface area contributed by atoms with Crippen molar-refractivity contribution in [3.05, 3.63) is 71.0 Å². The van der Waals surface area contributed by atoms with Crippen molar-refractivity contribution in [3.63, 3.8) is 0 Å². The lowest BCUT2D eigenvalue weighted by Gasteiger charge is -2.41. The summed E-state index contributed by atoms with van der Waals surface area (Å²) in [5, 5.41) is 3.24. The third kappa shape index (κ3) is 6.92. The van der Waals surface area contributed by atoms with Gasteiger partial charge in [0, 0.05) is 76.4 Å². The van der Waals surface area contributed by atoms with Crippen LogP contribution < -0.4 is 15.0 Å². The number of anilines is 1. The van der Waals surface area contributed by atoms with Gasteiger partial charge in [0.1, 0.15) is 18.1 Å². The third-order valence-corrected chi connectivity index (χ3v) is 9.69. The number of benzene rings is 2. The van der Waals surface area contributed by atoms with Crippen LogP contribution in [0.3, 0.4) is 0 Å². The predicted molar refractivity (Wildman–Crippen MR) is 183 cm³/mol. The van der Waals surface area contributed by atoms with E-state index in [1.165, 1.54) is 12.8 Å². The number of ether oxygens (including phenoxy) is 2. The number of nitrogens with one attached hydrogen (secondary N) is 1. The molecule has 1 N–H and O–H groups in total. The molecule has 10 heteroatoms. The Balaban J connectivity index is 1.38. The molecule has 0 unspecified atom stereocenters. The average molecular weight is 714 g/mol. The maximum Gasteiger partial charge on any atom is 0.269 e. The number of hydrogen-bond acceptors (Lipinski definition) is 6. The number of carbonyl (C=O) groups is 2. The molecule has 0 saturated carbocycles. The van der Waals surface area contributed by atoms with E-state index in [0.717, 1.165) is 45.6 Å². The Bertz CT molecular complexity index is 1490. The molecule has 2 aromatic carbocycles. The van der Waals surface area contributed by atoms with Crippen LogP contribution in [-0.2, 0) is 11.8 Å². The molecular weight excluding hydrogens is 669 g/mol. The van der Waals surface area contributed by atoms with Crippen molar-refractivity contribution in [1.29, 1.82) is 0 Å². The SMILES string of the molecule is COCCOc1cc(-c2cc(C(=O)N(C)C)n(C)c2)cc([C@@H](C)NC(=O)c2cc(N3C[C@H]4CC[C@@H](C3)N4CI)ccc2C)c1. The first kappa shape index (κ1) is 32.3. The van der Waals surface area contributed by atoms with Crippen molar-refractivity contribution in [3.8, 4) is 16.9 Å². The quantitative estimate of drug-likeness (QED) is 0.127. The highest BCUT2D eigenvalue weighted by Crippen LogP contribution is 2.34. The van der Waals surface area contributed by atoms with Crippen molar-refractivity contribution < 1.29 is 19.1 Å². The number of nitrogens with zero attached hydrogens (tertiary/aromatic N) is 4. The summed E-state index contributed by atoms with van der Waals surface area (Å²) in [4.78, 5) is 33.1. The second kappa shape index (κ2) is 13.9. The van der Waals surface area contributed by atoms with Gasteiger partial charge in [-0.15, -0.1) is 0 Å². The number of halogens is 1. The summed E-state index contributed by atoms with van der Waals surface area (Å²) in [5.74, 6) is 0.513. The Labute approximate surface area is 274 Å². The fourth-order valence-electron chi connectivity index (χ4n) is 6.33.